The Hall–Kier alpha value is -0.930. The summed E-state index contributed by atoms with van der Waals surface area (Å²) in [5, 5.41) is 1.72. The molecule has 0 aliphatic carbocycles. The summed E-state index contributed by atoms with van der Waals surface area (Å²) in [5.74, 6) is 0.587. The first-order valence-electron chi connectivity index (χ1n) is 3.73. The molecule has 2 rings (SSSR count). The Kier molecular flexibility index (Phi) is 2.06. The van der Waals surface area contributed by atoms with Crippen LogP contribution in [0.1, 0.15) is 0 Å². The van der Waals surface area contributed by atoms with Gasteiger partial charge >= 0.3 is 0 Å². The molecular formula is C9H9NOS. The van der Waals surface area contributed by atoms with Gasteiger partial charge in [0, 0.05) is 16.9 Å². The molecule has 0 fully saturated rings. The summed E-state index contributed by atoms with van der Waals surface area (Å²) in [7, 11) is 0. The second-order valence-electron chi connectivity index (χ2n) is 2.60. The molecule has 1 heterocycles. The van der Waals surface area contributed by atoms with Gasteiger partial charge in [-0.2, -0.15) is 0 Å². The predicted molar refractivity (Wildman–Crippen MR) is 51.1 cm³/mol. The fourth-order valence-electron chi connectivity index (χ4n) is 1.14. The lowest BCUT2D eigenvalue weighted by Gasteiger charge is -2.12. The maximum Gasteiger partial charge on any atom is 0.187 e. The number of nitrogens with zero attached hydrogens (tertiary/aromatic N) is 1. The van der Waals surface area contributed by atoms with Crippen molar-refractivity contribution in [1.29, 1.82) is 0 Å². The first kappa shape index (κ1) is 7.71. The van der Waals surface area contributed by atoms with Gasteiger partial charge in [0.2, 0.25) is 0 Å². The monoisotopic (exact) mass is 179 g/mol. The van der Waals surface area contributed by atoms with Crippen molar-refractivity contribution < 1.29 is 4.55 Å². The molecule has 0 saturated heterocycles. The molecule has 1 unspecified atom stereocenters. The Morgan fingerprint density at radius 2 is 2.00 bits per heavy atom. The minimum Gasteiger partial charge on any atom is -0.610 e. The van der Waals surface area contributed by atoms with E-state index in [1.807, 2.05) is 41.4 Å². The molecule has 1 aromatic carbocycles. The Morgan fingerprint density at radius 1 is 1.25 bits per heavy atom. The minimum atomic E-state index is -0.808. The van der Waals surface area contributed by atoms with Crippen molar-refractivity contribution >= 4 is 16.9 Å². The van der Waals surface area contributed by atoms with E-state index in [-0.39, 0.29) is 0 Å². The van der Waals surface area contributed by atoms with Crippen LogP contribution >= 0.6 is 0 Å². The molecule has 1 atom stereocenters. The highest BCUT2D eigenvalue weighted by molar-refractivity contribution is 7.94. The summed E-state index contributed by atoms with van der Waals surface area (Å²) >= 11 is -0.808. The van der Waals surface area contributed by atoms with Gasteiger partial charge in [0.05, 0.1) is 6.20 Å². The number of hydrogen-bond acceptors (Lipinski definition) is 2. The third-order valence-electron chi connectivity index (χ3n) is 1.75. The molecule has 0 amide bonds. The molecule has 12 heavy (non-hydrogen) atoms. The van der Waals surface area contributed by atoms with Crippen molar-refractivity contribution in [3.63, 3.8) is 0 Å². The van der Waals surface area contributed by atoms with Crippen molar-refractivity contribution in [3.05, 3.63) is 41.9 Å². The first-order chi connectivity index (χ1) is 5.86. The largest absolute Gasteiger partial charge is 0.610 e. The van der Waals surface area contributed by atoms with E-state index in [4.69, 9.17) is 0 Å². The topological polar surface area (TPSA) is 26.3 Å². The average molecular weight is 179 g/mol. The summed E-state index contributed by atoms with van der Waals surface area (Å²) in [5.41, 5.74) is 1.10. The van der Waals surface area contributed by atoms with Gasteiger partial charge in [-0.05, 0) is 12.1 Å². The highest BCUT2D eigenvalue weighted by atomic mass is 32.2. The number of rotatable bonds is 1. The van der Waals surface area contributed by atoms with Gasteiger partial charge in [-0.1, -0.05) is 18.2 Å². The number of benzene rings is 1. The maximum atomic E-state index is 11.0. The zero-order valence-corrected chi connectivity index (χ0v) is 7.33. The lowest BCUT2D eigenvalue weighted by atomic mass is 10.3. The van der Waals surface area contributed by atoms with E-state index in [1.54, 1.807) is 5.41 Å². The zero-order valence-electron chi connectivity index (χ0n) is 6.51. The Balaban J connectivity index is 2.18. The van der Waals surface area contributed by atoms with Crippen LogP contribution in [-0.2, 0) is 11.2 Å². The van der Waals surface area contributed by atoms with Crippen LogP contribution in [0.4, 0.5) is 5.69 Å². The van der Waals surface area contributed by atoms with Gasteiger partial charge < -0.3 is 9.45 Å². The quantitative estimate of drug-likeness (QED) is 0.613. The van der Waals surface area contributed by atoms with Crippen LogP contribution in [0.5, 0.6) is 0 Å². The van der Waals surface area contributed by atoms with Crippen LogP contribution in [-0.4, -0.2) is 10.4 Å². The van der Waals surface area contributed by atoms with Crippen LogP contribution < -0.4 is 4.90 Å². The number of para-hydroxylation sites is 1. The van der Waals surface area contributed by atoms with Gasteiger partial charge in [-0.25, -0.2) is 0 Å². The Labute approximate surface area is 74.7 Å². The van der Waals surface area contributed by atoms with Gasteiger partial charge in [0.1, 0.15) is 5.41 Å². The normalized spacial score (nSPS) is 21.8. The van der Waals surface area contributed by atoms with E-state index in [1.165, 1.54) is 0 Å². The van der Waals surface area contributed by atoms with Crippen molar-refractivity contribution in [3.8, 4) is 0 Å². The minimum absolute atomic E-state index is 0.587. The second kappa shape index (κ2) is 3.21. The van der Waals surface area contributed by atoms with E-state index in [9.17, 15) is 4.55 Å². The molecule has 0 N–H and O–H groups in total. The molecular weight excluding hydrogens is 170 g/mol. The third kappa shape index (κ3) is 1.47. The third-order valence-corrected chi connectivity index (χ3v) is 2.70. The van der Waals surface area contributed by atoms with E-state index in [2.05, 4.69) is 0 Å². The van der Waals surface area contributed by atoms with Crippen LogP contribution in [0.25, 0.3) is 0 Å². The van der Waals surface area contributed by atoms with Crippen LogP contribution in [0.15, 0.2) is 41.9 Å². The molecule has 0 bridgehead atoms. The standard InChI is InChI=1S/C9H9NOS/c11-12-7-6-10(8-12)9-4-2-1-3-5-9/h1-7H,8H2. The average Bonchev–Trinajstić information content (AvgIpc) is 2.54. The Morgan fingerprint density at radius 3 is 2.58 bits per heavy atom. The van der Waals surface area contributed by atoms with Gasteiger partial charge in [0.25, 0.3) is 0 Å². The highest BCUT2D eigenvalue weighted by Crippen LogP contribution is 2.19. The maximum absolute atomic E-state index is 11.0. The second-order valence-corrected chi connectivity index (χ2v) is 3.89. The van der Waals surface area contributed by atoms with E-state index < -0.39 is 11.2 Å². The van der Waals surface area contributed by atoms with E-state index in [0.29, 0.717) is 5.88 Å². The fourth-order valence-corrected chi connectivity index (χ4v) is 2.02. The van der Waals surface area contributed by atoms with Crippen LogP contribution in [0.3, 0.4) is 0 Å². The molecule has 0 spiro atoms. The lowest BCUT2D eigenvalue weighted by Crippen LogP contribution is -2.16. The highest BCUT2D eigenvalue weighted by Gasteiger charge is 2.16. The molecule has 0 saturated carbocycles. The molecule has 1 aliphatic heterocycles. The summed E-state index contributed by atoms with van der Waals surface area (Å²) in [6.07, 6.45) is 1.87. The van der Waals surface area contributed by atoms with E-state index in [0.717, 1.165) is 5.69 Å². The molecule has 2 nitrogen and oxygen atoms in total. The van der Waals surface area contributed by atoms with Crippen molar-refractivity contribution in [1.82, 2.24) is 0 Å². The van der Waals surface area contributed by atoms with Gasteiger partial charge in [0.15, 0.2) is 5.88 Å². The van der Waals surface area contributed by atoms with Crippen molar-refractivity contribution in [2.45, 2.75) is 0 Å². The summed E-state index contributed by atoms with van der Waals surface area (Å²) in [4.78, 5) is 1.98. The predicted octanol–water partition coefficient (Wildman–Crippen LogP) is 1.68. The van der Waals surface area contributed by atoms with Gasteiger partial charge in [-0.15, -0.1) is 0 Å². The zero-order chi connectivity index (χ0) is 8.39. The van der Waals surface area contributed by atoms with Crippen LogP contribution in [0.2, 0.25) is 0 Å². The summed E-state index contributed by atoms with van der Waals surface area (Å²) in [6, 6.07) is 9.94. The van der Waals surface area contributed by atoms with Crippen molar-refractivity contribution in [2.75, 3.05) is 10.8 Å². The molecule has 3 heteroatoms. The van der Waals surface area contributed by atoms with Crippen molar-refractivity contribution in [2.24, 2.45) is 0 Å². The summed E-state index contributed by atoms with van der Waals surface area (Å²) in [6.45, 7) is 0. The number of hydrogen-bond donors (Lipinski definition) is 0. The Bertz CT molecular complexity index is 286. The summed E-state index contributed by atoms with van der Waals surface area (Å²) < 4.78 is 11.0. The van der Waals surface area contributed by atoms with Gasteiger partial charge in [-0.3, -0.25) is 0 Å². The smallest absolute Gasteiger partial charge is 0.187 e. The number of anilines is 1. The SMILES string of the molecule is [O-][S+]1C=CN(c2ccccc2)C1. The van der Waals surface area contributed by atoms with Crippen LogP contribution in [0, 0.1) is 0 Å². The van der Waals surface area contributed by atoms with E-state index >= 15 is 0 Å². The first-order valence-corrected chi connectivity index (χ1v) is 5.12. The molecule has 1 aromatic rings. The molecule has 0 aromatic heterocycles. The fraction of sp³-hybridized carbons (Fsp3) is 0.111. The molecule has 0 radical (unpaired) electrons. The lowest BCUT2D eigenvalue weighted by molar-refractivity contribution is 0.605. The molecule has 62 valence electrons. The molecule has 1 aliphatic rings.